The average molecular weight is 901 g/mol. The van der Waals surface area contributed by atoms with Crippen LogP contribution in [0, 0.1) is 13.8 Å². The van der Waals surface area contributed by atoms with E-state index in [0.717, 1.165) is 34.2 Å². The van der Waals surface area contributed by atoms with Gasteiger partial charge in [-0.05, 0) is 138 Å². The number of aryl methyl sites for hydroxylation is 8. The molecule has 17 heteroatoms. The van der Waals surface area contributed by atoms with Crippen LogP contribution in [0.3, 0.4) is 0 Å². The number of hydrogen-bond donors (Lipinski definition) is 0. The molecule has 5 heterocycles. The molecule has 7 rings (SSSR count). The molecule has 11 nitrogen and oxygen atoms in total. The van der Waals surface area contributed by atoms with Crippen LogP contribution in [0.25, 0.3) is 11.3 Å². The van der Waals surface area contributed by atoms with E-state index in [9.17, 15) is 0 Å². The van der Waals surface area contributed by atoms with Crippen LogP contribution >= 0.6 is 39.1 Å². The van der Waals surface area contributed by atoms with Gasteiger partial charge in [0.25, 0.3) is 6.47 Å². The SMILES string of the molecule is CC(Cl)Cl.Cc1cc2c(nc1-c1cnn(C)c1)CCCC2.Cc1cc2c(nc1Br)CCCC2.Cn1cc(B2OC(C)(C)C(C)(C)O2)cn1.O=CO[O-].[H-].[K+].[K+]. The van der Waals surface area contributed by atoms with Gasteiger partial charge in [-0.15, -0.1) is 23.2 Å². The largest absolute Gasteiger partial charge is 1.00 e. The summed E-state index contributed by atoms with van der Waals surface area (Å²) in [5.41, 5.74) is 10.6. The van der Waals surface area contributed by atoms with E-state index < -0.39 is 0 Å². The van der Waals surface area contributed by atoms with Gasteiger partial charge >= 0.3 is 110 Å². The normalized spacial score (nSPS) is 15.7. The van der Waals surface area contributed by atoms with E-state index in [1.165, 1.54) is 72.2 Å². The van der Waals surface area contributed by atoms with E-state index in [4.69, 9.17) is 47.5 Å². The van der Waals surface area contributed by atoms with Crippen LogP contribution in [-0.2, 0) is 58.8 Å². The van der Waals surface area contributed by atoms with Gasteiger partial charge in [-0.1, -0.05) is 12.1 Å². The zero-order valence-corrected chi connectivity index (χ0v) is 43.1. The number of fused-ring (bicyclic) bond motifs is 2. The molecule has 1 saturated heterocycles. The van der Waals surface area contributed by atoms with Crippen molar-refractivity contribution in [2.24, 2.45) is 14.1 Å². The third-order valence-electron chi connectivity index (χ3n) is 9.19. The maximum atomic E-state index is 8.64. The number of rotatable bonds is 3. The topological polar surface area (TPSA) is 129 Å². The average Bonchev–Trinajstić information content (AvgIpc) is 3.78. The standard InChI is InChI=1S/C14H17N3.C10H17BN2O2.C10H12BrN.C2H4Cl2.CH2O3.2K.H/c1-10-7-11-5-3-4-6-13(11)16-14(10)12-8-15-17(2)9-12;1-9(2)10(3,4)15-11(14-9)8-6-12-13(5)7-8;1-7-6-8-4-2-3-5-9(8)12-10(7)11;1-2(3)4;2-1-4-3;;;/h7-9H,3-6H2,1-2H3;6-7H,1-5H3;6H,2-5H2,1H3;2H,1H3;1,3H;;;/q;;;;;2*+1;-1/p-1. The van der Waals surface area contributed by atoms with Crippen molar-refractivity contribution < 1.29 is 128 Å². The molecule has 1 fully saturated rings. The number of pyridine rings is 2. The van der Waals surface area contributed by atoms with Crippen molar-refractivity contribution in [1.29, 1.82) is 0 Å². The number of nitrogens with zero attached hydrogens (tertiary/aromatic N) is 6. The molecule has 3 aliphatic rings. The second-order valence-electron chi connectivity index (χ2n) is 14.0. The van der Waals surface area contributed by atoms with Gasteiger partial charge in [0.05, 0.1) is 23.1 Å². The fourth-order valence-electron chi connectivity index (χ4n) is 5.85. The smallest absolute Gasteiger partial charge is 1.00 e. The molecule has 0 aromatic carbocycles. The molecule has 0 N–H and O–H groups in total. The molecule has 0 spiro atoms. The van der Waals surface area contributed by atoms with E-state index in [0.29, 0.717) is 0 Å². The Kier molecular flexibility index (Phi) is 24.5. The summed E-state index contributed by atoms with van der Waals surface area (Å²) < 4.78 is 16.4. The summed E-state index contributed by atoms with van der Waals surface area (Å²) in [4.78, 5) is 20.4. The fourth-order valence-corrected chi connectivity index (χ4v) is 6.18. The van der Waals surface area contributed by atoms with Crippen LogP contribution in [0.5, 0.6) is 0 Å². The van der Waals surface area contributed by atoms with Crippen molar-refractivity contribution in [1.82, 2.24) is 29.5 Å². The van der Waals surface area contributed by atoms with Crippen molar-refractivity contribution in [2.45, 2.75) is 116 Å². The quantitative estimate of drug-likeness (QED) is 0.0733. The summed E-state index contributed by atoms with van der Waals surface area (Å²) in [6, 6.07) is 4.58. The molecule has 0 amide bonds. The van der Waals surface area contributed by atoms with Crippen molar-refractivity contribution in [3.63, 3.8) is 0 Å². The second-order valence-corrected chi connectivity index (χ2v) is 16.3. The Balaban J connectivity index is 0.000000713. The number of aromatic nitrogens is 6. The first-order valence-corrected chi connectivity index (χ1v) is 19.1. The van der Waals surface area contributed by atoms with E-state index in [1.807, 2.05) is 65.1 Å². The van der Waals surface area contributed by atoms with Crippen molar-refractivity contribution in [3.8, 4) is 11.3 Å². The van der Waals surface area contributed by atoms with Crippen molar-refractivity contribution in [2.75, 3.05) is 0 Å². The van der Waals surface area contributed by atoms with Crippen LogP contribution in [0.1, 0.15) is 95.4 Å². The molecule has 0 saturated carbocycles. The minimum Gasteiger partial charge on any atom is -1.00 e. The van der Waals surface area contributed by atoms with Crippen LogP contribution in [0.4, 0.5) is 0 Å². The van der Waals surface area contributed by atoms with Crippen molar-refractivity contribution in [3.05, 3.63) is 75.2 Å². The van der Waals surface area contributed by atoms with E-state index in [2.05, 4.69) is 62.0 Å². The van der Waals surface area contributed by atoms with Crippen LogP contribution in [0.15, 0.2) is 41.5 Å². The number of carbonyl (C=O) groups excluding carboxylic acids is 1. The minimum atomic E-state index is -0.302. The molecule has 1 aliphatic heterocycles. The van der Waals surface area contributed by atoms with E-state index in [1.54, 1.807) is 17.8 Å². The Labute approximate surface area is 426 Å². The van der Waals surface area contributed by atoms with Gasteiger partial charge < -0.3 is 20.9 Å². The molecule has 4 aromatic rings. The predicted molar refractivity (Wildman–Crippen MR) is 209 cm³/mol. The summed E-state index contributed by atoms with van der Waals surface area (Å²) in [6.07, 6.45) is 17.5. The van der Waals surface area contributed by atoms with Gasteiger partial charge in [0.15, 0.2) is 0 Å². The first kappa shape index (κ1) is 52.5. The van der Waals surface area contributed by atoms with Gasteiger partial charge in [-0.3, -0.25) is 19.1 Å². The monoisotopic (exact) mass is 898 g/mol. The molecule has 0 bridgehead atoms. The summed E-state index contributed by atoms with van der Waals surface area (Å²) >= 11 is 13.5. The van der Waals surface area contributed by atoms with Gasteiger partial charge in [0.2, 0.25) is 0 Å². The molecule has 286 valence electrons. The van der Waals surface area contributed by atoms with Crippen LogP contribution < -0.4 is 113 Å². The Bertz CT molecular complexity index is 1720. The third-order valence-corrected chi connectivity index (χ3v) is 9.99. The molecule has 2 aliphatic carbocycles. The molecule has 0 unspecified atom stereocenters. The maximum Gasteiger partial charge on any atom is 1.00 e. The summed E-state index contributed by atoms with van der Waals surface area (Å²) in [6.45, 7) is 13.9. The first-order chi connectivity index (χ1) is 24.5. The molecule has 54 heavy (non-hydrogen) atoms. The summed E-state index contributed by atoms with van der Waals surface area (Å²) in [7, 11) is 3.52. The Morgan fingerprint density at radius 2 is 1.31 bits per heavy atom. The zero-order valence-electron chi connectivity index (χ0n) is 34.7. The number of alkyl halides is 2. The van der Waals surface area contributed by atoms with Gasteiger partial charge in [0, 0.05) is 55.1 Å². The predicted octanol–water partition coefficient (Wildman–Crippen LogP) is 0.785. The molecule has 4 aromatic heterocycles. The molecular weight excluding hydrogens is 848 g/mol. The zero-order chi connectivity index (χ0) is 38.6. The van der Waals surface area contributed by atoms with E-state index in [-0.39, 0.29) is 134 Å². The first-order valence-electron chi connectivity index (χ1n) is 17.5. The van der Waals surface area contributed by atoms with Gasteiger partial charge in [-0.2, -0.15) is 10.2 Å². The van der Waals surface area contributed by atoms with Gasteiger partial charge in [-0.25, -0.2) is 4.98 Å². The second kappa shape index (κ2) is 25.2. The summed E-state index contributed by atoms with van der Waals surface area (Å²) in [5, 5.41) is 16.8. The fraction of sp³-hybridized carbons (Fsp3) is 0.541. The van der Waals surface area contributed by atoms with Crippen LogP contribution in [-0.4, -0.2) is 59.2 Å². The Hall–Kier alpha value is 0.468. The van der Waals surface area contributed by atoms with Crippen molar-refractivity contribution >= 4 is 58.2 Å². The van der Waals surface area contributed by atoms with Crippen LogP contribution in [0.2, 0.25) is 0 Å². The maximum absolute atomic E-state index is 8.64. The molecule has 0 atom stereocenters. The number of hydrogen-bond acceptors (Lipinski definition) is 9. The van der Waals surface area contributed by atoms with Gasteiger partial charge in [0.1, 0.15) is 9.44 Å². The number of carbonyl (C=O) groups is 1. The third kappa shape index (κ3) is 16.3. The molecule has 0 radical (unpaired) electrons. The summed E-state index contributed by atoms with van der Waals surface area (Å²) in [5.74, 6) is 0. The minimum absolute atomic E-state index is 0. The number of halogens is 3. The Morgan fingerprint density at radius 3 is 1.76 bits per heavy atom. The molecular formula is C37H52BBrCl2K2N6O5. The van der Waals surface area contributed by atoms with E-state index >= 15 is 0 Å². The Morgan fingerprint density at radius 1 is 0.870 bits per heavy atom.